The third-order valence-electron chi connectivity index (χ3n) is 5.04. The molecule has 1 saturated heterocycles. The van der Waals surface area contributed by atoms with E-state index in [1.165, 1.54) is 0 Å². The molecule has 0 spiro atoms. The van der Waals surface area contributed by atoms with Crippen molar-refractivity contribution in [3.63, 3.8) is 0 Å². The molecule has 0 amide bonds. The number of aliphatic hydroxyl groups excluding tert-OH is 5. The third-order valence-corrected chi connectivity index (χ3v) is 5.04. The van der Waals surface area contributed by atoms with Gasteiger partial charge in [-0.15, -0.1) is 0 Å². The Balaban J connectivity index is 1.78. The van der Waals surface area contributed by atoms with Gasteiger partial charge in [-0.2, -0.15) is 0 Å². The van der Waals surface area contributed by atoms with Crippen molar-refractivity contribution in [2.24, 2.45) is 0 Å². The van der Waals surface area contributed by atoms with E-state index in [1.54, 1.807) is 13.0 Å². The van der Waals surface area contributed by atoms with Crippen LogP contribution in [0.25, 0.3) is 0 Å². The second kappa shape index (κ2) is 8.48. The zero-order chi connectivity index (χ0) is 19.6. The van der Waals surface area contributed by atoms with Crippen molar-refractivity contribution in [1.29, 1.82) is 0 Å². The largest absolute Gasteiger partial charge is 0.394 e. The standard InChI is InChI=1S/C21H26O6/c1-12(23)15-7-5-13(6-8-15)9-14-3-2-4-16(10-14)21-20(26)19(25)18(24)17(11-22)27-21/h2-8,10,12,17-26H,9,11H2,1H3/t12?,17-,18-,19+,20-,21+/m1/s1. The van der Waals surface area contributed by atoms with Crippen LogP contribution in [0.2, 0.25) is 0 Å². The first-order valence-electron chi connectivity index (χ1n) is 9.07. The lowest BCUT2D eigenvalue weighted by atomic mass is 9.90. The van der Waals surface area contributed by atoms with Gasteiger partial charge in [0.1, 0.15) is 30.5 Å². The number of rotatable bonds is 5. The van der Waals surface area contributed by atoms with Crippen LogP contribution in [0.5, 0.6) is 0 Å². The van der Waals surface area contributed by atoms with E-state index in [4.69, 9.17) is 4.74 Å². The van der Waals surface area contributed by atoms with Crippen molar-refractivity contribution in [3.8, 4) is 0 Å². The smallest absolute Gasteiger partial charge is 0.113 e. The first-order valence-corrected chi connectivity index (χ1v) is 9.07. The number of hydrogen-bond donors (Lipinski definition) is 5. The Bertz CT molecular complexity index is 743. The van der Waals surface area contributed by atoms with Gasteiger partial charge in [-0.1, -0.05) is 48.5 Å². The highest BCUT2D eigenvalue weighted by atomic mass is 16.5. The molecule has 0 bridgehead atoms. The lowest BCUT2D eigenvalue weighted by Crippen LogP contribution is -2.55. The lowest BCUT2D eigenvalue weighted by Gasteiger charge is -2.40. The number of hydrogen-bond acceptors (Lipinski definition) is 6. The highest BCUT2D eigenvalue weighted by Crippen LogP contribution is 2.33. The molecule has 6 nitrogen and oxygen atoms in total. The van der Waals surface area contributed by atoms with Gasteiger partial charge in [-0.25, -0.2) is 0 Å². The molecule has 0 radical (unpaired) electrons. The van der Waals surface area contributed by atoms with Crippen LogP contribution >= 0.6 is 0 Å². The van der Waals surface area contributed by atoms with E-state index in [9.17, 15) is 25.5 Å². The van der Waals surface area contributed by atoms with Crippen LogP contribution in [0.1, 0.15) is 41.4 Å². The monoisotopic (exact) mass is 374 g/mol. The van der Waals surface area contributed by atoms with Gasteiger partial charge in [0, 0.05) is 0 Å². The zero-order valence-corrected chi connectivity index (χ0v) is 15.1. The summed E-state index contributed by atoms with van der Waals surface area (Å²) in [5, 5.41) is 49.2. The first-order chi connectivity index (χ1) is 12.9. The quantitative estimate of drug-likeness (QED) is 0.531. The van der Waals surface area contributed by atoms with Gasteiger partial charge in [0.25, 0.3) is 0 Å². The van der Waals surface area contributed by atoms with Gasteiger partial charge in [-0.05, 0) is 35.6 Å². The van der Waals surface area contributed by atoms with E-state index in [2.05, 4.69) is 0 Å². The molecule has 1 aliphatic rings. The van der Waals surface area contributed by atoms with E-state index in [-0.39, 0.29) is 0 Å². The maximum Gasteiger partial charge on any atom is 0.113 e. The number of benzene rings is 2. The van der Waals surface area contributed by atoms with Crippen LogP contribution in [0.15, 0.2) is 48.5 Å². The predicted octanol–water partition coefficient (Wildman–Crippen LogP) is 0.846. The van der Waals surface area contributed by atoms with E-state index >= 15 is 0 Å². The molecule has 6 heteroatoms. The summed E-state index contributed by atoms with van der Waals surface area (Å²) in [6.45, 7) is 1.27. The summed E-state index contributed by atoms with van der Waals surface area (Å²) < 4.78 is 5.63. The summed E-state index contributed by atoms with van der Waals surface area (Å²) in [7, 11) is 0. The van der Waals surface area contributed by atoms with Crippen LogP contribution in [-0.4, -0.2) is 56.6 Å². The van der Waals surface area contributed by atoms with E-state index in [0.717, 1.165) is 16.7 Å². The molecular weight excluding hydrogens is 348 g/mol. The van der Waals surface area contributed by atoms with Crippen molar-refractivity contribution in [3.05, 3.63) is 70.8 Å². The molecule has 1 aliphatic heterocycles. The Hall–Kier alpha value is -1.80. The van der Waals surface area contributed by atoms with E-state index in [0.29, 0.717) is 12.0 Å². The SMILES string of the molecule is CC(O)c1ccc(Cc2cccc([C@@H]3O[C@H](CO)[C@@H](O)[C@H](O)[C@H]3O)c2)cc1. The minimum atomic E-state index is -1.39. The van der Waals surface area contributed by atoms with Gasteiger partial charge >= 0.3 is 0 Å². The van der Waals surface area contributed by atoms with Crippen molar-refractivity contribution in [1.82, 2.24) is 0 Å². The minimum Gasteiger partial charge on any atom is -0.394 e. The summed E-state index contributed by atoms with van der Waals surface area (Å²) >= 11 is 0. The molecule has 6 atom stereocenters. The van der Waals surface area contributed by atoms with Crippen LogP contribution in [0.4, 0.5) is 0 Å². The van der Waals surface area contributed by atoms with Crippen molar-refractivity contribution < 1.29 is 30.3 Å². The Kier molecular flexibility index (Phi) is 6.26. The Morgan fingerprint density at radius 2 is 1.63 bits per heavy atom. The molecule has 0 saturated carbocycles. The maximum absolute atomic E-state index is 10.3. The molecule has 146 valence electrons. The predicted molar refractivity (Wildman–Crippen MR) is 99.0 cm³/mol. The average molecular weight is 374 g/mol. The van der Waals surface area contributed by atoms with Crippen LogP contribution in [0.3, 0.4) is 0 Å². The van der Waals surface area contributed by atoms with Gasteiger partial charge in [0.15, 0.2) is 0 Å². The Morgan fingerprint density at radius 1 is 0.926 bits per heavy atom. The molecule has 0 aromatic heterocycles. The fraction of sp³-hybridized carbons (Fsp3) is 0.429. The number of ether oxygens (including phenoxy) is 1. The zero-order valence-electron chi connectivity index (χ0n) is 15.1. The van der Waals surface area contributed by atoms with Crippen LogP contribution in [-0.2, 0) is 11.2 Å². The highest BCUT2D eigenvalue weighted by molar-refractivity contribution is 5.33. The summed E-state index contributed by atoms with van der Waals surface area (Å²) in [6, 6.07) is 15.2. The highest BCUT2D eigenvalue weighted by Gasteiger charge is 2.43. The molecular formula is C21H26O6. The maximum atomic E-state index is 10.3. The van der Waals surface area contributed by atoms with E-state index < -0.39 is 43.2 Å². The Labute approximate surface area is 158 Å². The van der Waals surface area contributed by atoms with Crippen molar-refractivity contribution >= 4 is 0 Å². The lowest BCUT2D eigenvalue weighted by molar-refractivity contribution is -0.231. The topological polar surface area (TPSA) is 110 Å². The van der Waals surface area contributed by atoms with Crippen LogP contribution in [0, 0.1) is 0 Å². The molecule has 5 N–H and O–H groups in total. The molecule has 0 aliphatic carbocycles. The van der Waals surface area contributed by atoms with Gasteiger partial charge in [0.05, 0.1) is 12.7 Å². The number of aliphatic hydroxyl groups is 5. The van der Waals surface area contributed by atoms with Crippen molar-refractivity contribution in [2.45, 2.75) is 50.0 Å². The molecule has 1 fully saturated rings. The fourth-order valence-electron chi connectivity index (χ4n) is 3.41. The molecule has 27 heavy (non-hydrogen) atoms. The molecule has 2 aromatic rings. The fourth-order valence-corrected chi connectivity index (χ4v) is 3.41. The molecule has 2 aromatic carbocycles. The summed E-state index contributed by atoms with van der Waals surface area (Å²) in [6.07, 6.45) is -5.65. The Morgan fingerprint density at radius 3 is 2.26 bits per heavy atom. The van der Waals surface area contributed by atoms with E-state index in [1.807, 2.05) is 42.5 Å². The summed E-state index contributed by atoms with van der Waals surface area (Å²) in [5.74, 6) is 0. The average Bonchev–Trinajstić information content (AvgIpc) is 2.67. The van der Waals surface area contributed by atoms with Gasteiger partial charge in [0.2, 0.25) is 0 Å². The van der Waals surface area contributed by atoms with Gasteiger partial charge < -0.3 is 30.3 Å². The second-order valence-corrected chi connectivity index (χ2v) is 7.09. The molecule has 1 unspecified atom stereocenters. The van der Waals surface area contributed by atoms with Crippen molar-refractivity contribution in [2.75, 3.05) is 6.61 Å². The normalized spacial score (nSPS) is 29.5. The molecule has 3 rings (SSSR count). The third kappa shape index (κ3) is 4.38. The van der Waals surface area contributed by atoms with Gasteiger partial charge in [-0.3, -0.25) is 0 Å². The molecule has 1 heterocycles. The van der Waals surface area contributed by atoms with Crippen LogP contribution < -0.4 is 0 Å². The summed E-state index contributed by atoms with van der Waals surface area (Å²) in [4.78, 5) is 0. The minimum absolute atomic E-state index is 0.448. The first kappa shape index (κ1) is 19.9. The summed E-state index contributed by atoms with van der Waals surface area (Å²) in [5.41, 5.74) is 3.60. The second-order valence-electron chi connectivity index (χ2n) is 7.09.